The Kier molecular flexibility index (Phi) is 25.0. The van der Waals surface area contributed by atoms with Gasteiger partial charge in [-0.1, -0.05) is 98.6 Å². The molecule has 0 radical (unpaired) electrons. The number of para-hydroxylation sites is 1. The lowest BCUT2D eigenvalue weighted by Crippen LogP contribution is -2.61. The minimum atomic E-state index is -1.59. The van der Waals surface area contributed by atoms with Gasteiger partial charge in [0, 0.05) is 69.0 Å². The van der Waals surface area contributed by atoms with E-state index < -0.39 is 109 Å². The molecule has 3 aromatic carbocycles. The van der Waals surface area contributed by atoms with Crippen molar-refractivity contribution in [2.24, 2.45) is 22.2 Å². The predicted octanol–water partition coefficient (Wildman–Crippen LogP) is -0.00630. The average Bonchev–Trinajstić information content (AvgIpc) is 4.07. The zero-order valence-corrected chi connectivity index (χ0v) is 47.6. The molecule has 0 spiro atoms. The topological polar surface area (TPSA) is 386 Å². The van der Waals surface area contributed by atoms with E-state index in [1.807, 2.05) is 37.3 Å². The first-order chi connectivity index (χ1) is 40.4. The fourth-order valence-electron chi connectivity index (χ4n) is 10.0. The summed E-state index contributed by atoms with van der Waals surface area (Å²) in [5, 5.41) is 22.7. The highest BCUT2D eigenvalue weighted by atomic mass is 16.5. The number of nitrogens with two attached hydrogens (primary N) is 3. The van der Waals surface area contributed by atoms with Crippen molar-refractivity contribution in [3.05, 3.63) is 108 Å². The van der Waals surface area contributed by atoms with Crippen LogP contribution in [0.2, 0.25) is 0 Å². The fraction of sp³-hybridized carbons (Fsp3) is 0.475. The molecule has 0 saturated carbocycles. The molecule has 84 heavy (non-hydrogen) atoms. The summed E-state index contributed by atoms with van der Waals surface area (Å²) in [4.78, 5) is 148. The number of primary amides is 1. The second-order valence-electron chi connectivity index (χ2n) is 21.2. The van der Waals surface area contributed by atoms with E-state index >= 15 is 0 Å². The number of hydrogen-bond acceptors (Lipinski definition) is 12. The van der Waals surface area contributed by atoms with Crippen LogP contribution in [0.25, 0.3) is 10.9 Å². The van der Waals surface area contributed by atoms with E-state index in [1.54, 1.807) is 60.8 Å². The molecule has 0 bridgehead atoms. The maximum atomic E-state index is 14.8. The van der Waals surface area contributed by atoms with Crippen LogP contribution in [0.1, 0.15) is 101 Å². The number of unbranched alkanes of at least 4 members (excludes halogenated alkanes) is 1. The second-order valence-corrected chi connectivity index (χ2v) is 21.2. The Morgan fingerprint density at radius 2 is 1.31 bits per heavy atom. The third-order valence-corrected chi connectivity index (χ3v) is 14.6. The third-order valence-electron chi connectivity index (χ3n) is 14.6. The molecule has 15 N–H and O–H groups in total. The van der Waals surface area contributed by atoms with Crippen molar-refractivity contribution >= 4 is 75.9 Å². The first kappa shape index (κ1) is 64.3. The number of piperazine rings is 1. The summed E-state index contributed by atoms with van der Waals surface area (Å²) in [5.41, 5.74) is 19.8. The Bertz CT molecular complexity index is 2940. The van der Waals surface area contributed by atoms with Gasteiger partial charge in [-0.05, 0) is 67.7 Å². The number of hydrogen-bond donors (Lipinski definition) is 12. The van der Waals surface area contributed by atoms with E-state index in [2.05, 4.69) is 52.5 Å². The lowest BCUT2D eigenvalue weighted by atomic mass is 10.00. The molecule has 0 unspecified atom stereocenters. The number of ether oxygens (including phenoxy) is 1. The number of nitrogens with zero attached hydrogens (tertiary/aromatic N) is 2. The molecule has 10 amide bonds. The Balaban J connectivity index is 1.33. The minimum Gasteiger partial charge on any atom is -0.374 e. The zero-order chi connectivity index (χ0) is 60.5. The SMILES string of the molecule is CCCC[C@H]1C(=O)N[C@@H](CCC(=O)N[C@H]2CC(=O)NCCCC[C@@H](C(N)=O)NC(=O)[C@H](Cc3c[nH]c4ccccc34)NC(=O)[C@H](CCCN=C(N)N)NC(=O)[C@@H](Cc3ccccc3)NC(=O)[C@H](COCc3ccccc3)NC2=O)CN1C(C)=O. The van der Waals surface area contributed by atoms with Gasteiger partial charge in [0.05, 0.1) is 19.6 Å². The number of carbonyl (C=O) groups is 10. The molecular formula is C59H80N14O11. The monoisotopic (exact) mass is 1160 g/mol. The number of aromatic amines is 1. The van der Waals surface area contributed by atoms with Crippen LogP contribution in [0, 0.1) is 0 Å². The summed E-state index contributed by atoms with van der Waals surface area (Å²) in [7, 11) is 0. The molecule has 2 fully saturated rings. The van der Waals surface area contributed by atoms with Crippen molar-refractivity contribution in [3.8, 4) is 0 Å². The highest BCUT2D eigenvalue weighted by molar-refractivity contribution is 5.98. The molecule has 452 valence electrons. The van der Waals surface area contributed by atoms with Gasteiger partial charge in [-0.25, -0.2) is 0 Å². The summed E-state index contributed by atoms with van der Waals surface area (Å²) < 4.78 is 6.01. The first-order valence-corrected chi connectivity index (χ1v) is 28.6. The van der Waals surface area contributed by atoms with Gasteiger partial charge in [-0.3, -0.25) is 52.9 Å². The Morgan fingerprint density at radius 3 is 2.00 bits per heavy atom. The standard InChI is InChI=1S/C59H80N14O11/c1-3-4-24-49-58(83)66-40(33-73(49)36(2)74)25-26-50(75)67-47-31-51(76)63-27-14-13-22-43(52(60)77)68-55(80)46(30-39-32-65-42-21-12-11-20-41(39)42)71-53(78)44(23-15-28-64-59(61)62)69-54(79)45(29-37-16-7-5-8-17-37)70-57(82)48(72-56(47)81)35-84-34-38-18-9-6-10-19-38/h5-12,16-21,32,40,43-49,65H,3-4,13-15,22-31,33-35H2,1-2H3,(H2,60,77)(H,63,76)(H,66,83)(H,67,75)(H,68,80)(H,69,79)(H,70,82)(H,71,78)(H,72,81)(H4,61,62,64)/t40-,43-,44-,45+,46-,47-,48-,49-/m0/s1. The van der Waals surface area contributed by atoms with Crippen molar-refractivity contribution < 1.29 is 52.7 Å². The largest absolute Gasteiger partial charge is 0.374 e. The van der Waals surface area contributed by atoms with Gasteiger partial charge in [0.2, 0.25) is 59.1 Å². The summed E-state index contributed by atoms with van der Waals surface area (Å²) >= 11 is 0. The van der Waals surface area contributed by atoms with Crippen molar-refractivity contribution in [2.75, 3.05) is 26.2 Å². The van der Waals surface area contributed by atoms with Gasteiger partial charge in [-0.15, -0.1) is 0 Å². The summed E-state index contributed by atoms with van der Waals surface area (Å²) in [6, 6.07) is 15.2. The van der Waals surface area contributed by atoms with Gasteiger partial charge in [0.25, 0.3) is 0 Å². The Hall–Kier alpha value is -8.87. The number of guanidine groups is 1. The Morgan fingerprint density at radius 1 is 0.679 bits per heavy atom. The summed E-state index contributed by atoms with van der Waals surface area (Å²) in [6.07, 6.45) is 3.38. The molecule has 0 aliphatic carbocycles. The molecule has 25 nitrogen and oxygen atoms in total. The molecule has 4 aromatic rings. The van der Waals surface area contributed by atoms with E-state index in [1.165, 1.54) is 11.8 Å². The van der Waals surface area contributed by atoms with Crippen LogP contribution in [0.5, 0.6) is 0 Å². The number of fused-ring (bicyclic) bond motifs is 1. The lowest BCUT2D eigenvalue weighted by molar-refractivity contribution is -0.144. The van der Waals surface area contributed by atoms with Gasteiger partial charge in [0.15, 0.2) is 5.96 Å². The van der Waals surface area contributed by atoms with Crippen LogP contribution in [0.4, 0.5) is 0 Å². The van der Waals surface area contributed by atoms with Crippen molar-refractivity contribution in [1.29, 1.82) is 0 Å². The molecule has 6 rings (SSSR count). The van der Waals surface area contributed by atoms with Gasteiger partial charge in [-0.2, -0.15) is 0 Å². The van der Waals surface area contributed by atoms with E-state index in [0.717, 1.165) is 29.3 Å². The Labute approximate surface area is 487 Å². The van der Waals surface area contributed by atoms with Gasteiger partial charge < -0.3 is 74.4 Å². The van der Waals surface area contributed by atoms with Crippen LogP contribution < -0.4 is 59.7 Å². The van der Waals surface area contributed by atoms with E-state index in [0.29, 0.717) is 17.5 Å². The predicted molar refractivity (Wildman–Crippen MR) is 312 cm³/mol. The van der Waals surface area contributed by atoms with Crippen molar-refractivity contribution in [3.63, 3.8) is 0 Å². The maximum absolute atomic E-state index is 14.8. The highest BCUT2D eigenvalue weighted by Crippen LogP contribution is 2.21. The summed E-state index contributed by atoms with van der Waals surface area (Å²) in [6.45, 7) is 3.12. The smallest absolute Gasteiger partial charge is 0.245 e. The lowest BCUT2D eigenvalue weighted by Gasteiger charge is -2.39. The quantitative estimate of drug-likeness (QED) is 0.0315. The number of aliphatic imine (C=N–C) groups is 1. The first-order valence-electron chi connectivity index (χ1n) is 28.6. The number of H-pyrrole nitrogens is 1. The van der Waals surface area contributed by atoms with Crippen LogP contribution >= 0.6 is 0 Å². The van der Waals surface area contributed by atoms with E-state index in [4.69, 9.17) is 21.9 Å². The highest BCUT2D eigenvalue weighted by Gasteiger charge is 2.37. The van der Waals surface area contributed by atoms with Crippen LogP contribution in [0.15, 0.2) is 96.1 Å². The third kappa shape index (κ3) is 20.2. The molecule has 2 aliphatic heterocycles. The molecule has 3 heterocycles. The normalized spacial score (nSPS) is 22.6. The number of aromatic nitrogens is 1. The second kappa shape index (κ2) is 32.7. The van der Waals surface area contributed by atoms with Gasteiger partial charge in [0.1, 0.15) is 42.3 Å². The van der Waals surface area contributed by atoms with Crippen molar-refractivity contribution in [1.82, 2.24) is 52.4 Å². The van der Waals surface area contributed by atoms with E-state index in [-0.39, 0.29) is 102 Å². The number of nitrogens with one attached hydrogen (secondary N) is 9. The van der Waals surface area contributed by atoms with Crippen LogP contribution in [-0.4, -0.2) is 149 Å². The molecule has 25 heteroatoms. The number of rotatable bonds is 20. The molecule has 2 saturated heterocycles. The average molecular weight is 1160 g/mol. The number of benzene rings is 3. The van der Waals surface area contributed by atoms with E-state index in [9.17, 15) is 47.9 Å². The molecule has 8 atom stereocenters. The molecule has 2 aliphatic rings. The van der Waals surface area contributed by atoms with Crippen LogP contribution in [0.3, 0.4) is 0 Å². The summed E-state index contributed by atoms with van der Waals surface area (Å²) in [5.74, 6) is -7.31. The fourth-order valence-corrected chi connectivity index (χ4v) is 10.0. The zero-order valence-electron chi connectivity index (χ0n) is 47.6. The molecular weight excluding hydrogens is 1080 g/mol. The van der Waals surface area contributed by atoms with Crippen molar-refractivity contribution in [2.45, 2.75) is 152 Å². The van der Waals surface area contributed by atoms with Gasteiger partial charge >= 0.3 is 0 Å². The van der Waals surface area contributed by atoms with Crippen LogP contribution in [-0.2, 0) is 72.1 Å². The maximum Gasteiger partial charge on any atom is 0.245 e. The molecule has 1 aromatic heterocycles. The minimum absolute atomic E-state index is 0.00867. The number of carbonyl (C=O) groups excluding carboxylic acids is 10. The number of amides is 10.